The summed E-state index contributed by atoms with van der Waals surface area (Å²) in [6.07, 6.45) is 2.04. The normalized spacial score (nSPS) is 15.8. The molecule has 190 valence electrons. The minimum absolute atomic E-state index is 0.0630. The second-order valence-corrected chi connectivity index (χ2v) is 12.1. The summed E-state index contributed by atoms with van der Waals surface area (Å²) in [5.41, 5.74) is 8.93. The van der Waals surface area contributed by atoms with Crippen molar-refractivity contribution >= 4 is 67.1 Å². The Morgan fingerprint density at radius 2 is 2.00 bits per heavy atom. The molecule has 1 amide bonds. The van der Waals surface area contributed by atoms with Gasteiger partial charge in [0.2, 0.25) is 0 Å². The van der Waals surface area contributed by atoms with Crippen LogP contribution in [0, 0.1) is 0 Å². The first-order valence-corrected chi connectivity index (χ1v) is 13.8. The molecule has 0 bridgehead atoms. The van der Waals surface area contributed by atoms with Crippen molar-refractivity contribution in [2.24, 2.45) is 11.3 Å². The summed E-state index contributed by atoms with van der Waals surface area (Å²) in [5.74, 6) is 0.730. The number of aromatic nitrogens is 3. The molecule has 0 atom stereocenters. The molecular weight excluding hydrogens is 531 g/mol. The second-order valence-electron chi connectivity index (χ2n) is 8.74. The maximum atomic E-state index is 12.7. The van der Waals surface area contributed by atoms with Crippen LogP contribution >= 0.6 is 23.2 Å². The maximum Gasteiger partial charge on any atom is 0.250 e. The van der Waals surface area contributed by atoms with Gasteiger partial charge in [0.25, 0.3) is 5.91 Å². The van der Waals surface area contributed by atoms with Crippen LogP contribution in [0.5, 0.6) is 0 Å². The summed E-state index contributed by atoms with van der Waals surface area (Å²) >= 11 is 13.3. The molecule has 8 nitrogen and oxygen atoms in total. The molecule has 11 heteroatoms. The van der Waals surface area contributed by atoms with Gasteiger partial charge in [-0.1, -0.05) is 35.8 Å². The molecule has 4 aromatic rings. The van der Waals surface area contributed by atoms with Gasteiger partial charge in [0.05, 0.1) is 36.5 Å². The summed E-state index contributed by atoms with van der Waals surface area (Å²) in [7, 11) is -2.30. The number of nitrogens with two attached hydrogens (primary N) is 1. The van der Waals surface area contributed by atoms with Crippen LogP contribution in [0.1, 0.15) is 17.5 Å². The number of aryl methyl sites for hydroxylation is 1. The molecule has 1 fully saturated rings. The van der Waals surface area contributed by atoms with E-state index in [-0.39, 0.29) is 33.1 Å². The second kappa shape index (κ2) is 9.48. The van der Waals surface area contributed by atoms with E-state index in [1.807, 2.05) is 0 Å². The number of carbonyl (C=O) groups excluding carboxylic acids is 1. The fourth-order valence-electron chi connectivity index (χ4n) is 4.09. The van der Waals surface area contributed by atoms with Crippen LogP contribution in [0.4, 0.5) is 17.2 Å². The van der Waals surface area contributed by atoms with E-state index in [2.05, 4.69) is 26.2 Å². The van der Waals surface area contributed by atoms with E-state index < -0.39 is 16.7 Å². The lowest BCUT2D eigenvalue weighted by Gasteiger charge is -2.18. The van der Waals surface area contributed by atoms with Gasteiger partial charge in [-0.25, -0.2) is 14.2 Å². The zero-order chi connectivity index (χ0) is 29.0. The Kier molecular flexibility index (Phi) is 5.55. The van der Waals surface area contributed by atoms with Gasteiger partial charge in [-0.3, -0.25) is 4.79 Å². The van der Waals surface area contributed by atoms with E-state index in [1.165, 1.54) is 12.4 Å². The van der Waals surface area contributed by atoms with Crippen molar-refractivity contribution in [3.63, 3.8) is 0 Å². The van der Waals surface area contributed by atoms with Crippen molar-refractivity contribution in [2.75, 3.05) is 22.6 Å². The Labute approximate surface area is 228 Å². The number of rotatable bonds is 5. The summed E-state index contributed by atoms with van der Waals surface area (Å²) in [6, 6.07) is 9.69. The molecule has 0 unspecified atom stereocenters. The van der Waals surface area contributed by atoms with Gasteiger partial charge < -0.3 is 15.6 Å². The van der Waals surface area contributed by atoms with E-state index in [9.17, 15) is 9.00 Å². The molecule has 1 aliphatic heterocycles. The number of hydrogen-bond acceptors (Lipinski definition) is 6. The number of halogens is 2. The lowest BCUT2D eigenvalue weighted by atomic mass is 9.98. The molecule has 37 heavy (non-hydrogen) atoms. The van der Waals surface area contributed by atoms with Crippen molar-refractivity contribution < 1.29 is 13.1 Å². The number of nitrogens with one attached hydrogen (secondary N) is 1. The van der Waals surface area contributed by atoms with E-state index in [0.29, 0.717) is 50.5 Å². The van der Waals surface area contributed by atoms with Crippen molar-refractivity contribution in [2.45, 2.75) is 13.3 Å². The van der Waals surface area contributed by atoms with Gasteiger partial charge >= 0.3 is 0 Å². The predicted octanol–water partition coefficient (Wildman–Crippen LogP) is 6.21. The zero-order valence-corrected chi connectivity index (χ0v) is 22.0. The summed E-state index contributed by atoms with van der Waals surface area (Å²) in [6.45, 7) is 2.51. The van der Waals surface area contributed by atoms with Gasteiger partial charge in [-0.05, 0) is 49.2 Å². The third kappa shape index (κ3) is 4.58. The smallest absolute Gasteiger partial charge is 0.250 e. The molecule has 1 saturated heterocycles. The first kappa shape index (κ1) is 21.7. The third-order valence-electron chi connectivity index (χ3n) is 6.08. The predicted molar refractivity (Wildman–Crippen MR) is 152 cm³/mol. The standard InChI is InChI=1S/C26H24Cl2N6O2S/c1-14(2)26(35)32-16-6-7-17(18(27)12-16)23-21(22-24(29)30-13-31-25(22)34(23)3)15-5-8-20(19(28)11-15)33-37(36)9-4-10-37/h5-8,11-13H,1,4,9-10H2,2-3H3,(H,32,35)(H2,29,30,31)/i3D3. The number of fused-ring (bicyclic) bond motifs is 1. The highest BCUT2D eigenvalue weighted by molar-refractivity contribution is 7.95. The number of anilines is 2. The van der Waals surface area contributed by atoms with Crippen molar-refractivity contribution in [3.8, 4) is 22.4 Å². The highest BCUT2D eigenvalue weighted by Gasteiger charge is 2.25. The van der Waals surface area contributed by atoms with Gasteiger partial charge in [0.1, 0.15) is 17.8 Å². The fourth-order valence-corrected chi connectivity index (χ4v) is 6.12. The Bertz CT molecular complexity index is 1830. The Balaban J connectivity index is 1.79. The zero-order valence-electron chi connectivity index (χ0n) is 22.7. The van der Waals surface area contributed by atoms with E-state index >= 15 is 0 Å². The number of nitrogens with zero attached hydrogens (tertiary/aromatic N) is 4. The molecular formula is C26H24Cl2N6O2S. The number of carbonyl (C=O) groups is 1. The summed E-state index contributed by atoms with van der Waals surface area (Å²) in [4.78, 5) is 20.5. The quantitative estimate of drug-likeness (QED) is 0.283. The molecule has 5 rings (SSSR count). The molecule has 0 radical (unpaired) electrons. The van der Waals surface area contributed by atoms with E-state index in [0.717, 1.165) is 11.0 Å². The average Bonchev–Trinajstić information content (AvgIpc) is 3.21. The van der Waals surface area contributed by atoms with Crippen LogP contribution in [-0.2, 0) is 21.5 Å². The summed E-state index contributed by atoms with van der Waals surface area (Å²) < 4.78 is 43.2. The molecule has 3 N–H and O–H groups in total. The van der Waals surface area contributed by atoms with Crippen molar-refractivity contribution in [1.82, 2.24) is 14.5 Å². The van der Waals surface area contributed by atoms with E-state index in [4.69, 9.17) is 33.0 Å². The minimum Gasteiger partial charge on any atom is -0.383 e. The van der Waals surface area contributed by atoms with Crippen LogP contribution in [-0.4, -0.2) is 36.2 Å². The minimum atomic E-state index is -2.69. The number of nitrogen functional groups attached to an aromatic ring is 1. The first-order chi connectivity index (χ1) is 18.8. The lowest BCUT2D eigenvalue weighted by Crippen LogP contribution is -2.22. The topological polar surface area (TPSA) is 115 Å². The van der Waals surface area contributed by atoms with Gasteiger partial charge in [-0.15, -0.1) is 0 Å². The first-order valence-electron chi connectivity index (χ1n) is 12.7. The monoisotopic (exact) mass is 557 g/mol. The van der Waals surface area contributed by atoms with Gasteiger partial charge in [0, 0.05) is 45.0 Å². The maximum absolute atomic E-state index is 12.7. The molecule has 0 spiro atoms. The number of benzene rings is 2. The number of amides is 1. The van der Waals surface area contributed by atoms with E-state index in [1.54, 1.807) is 37.3 Å². The molecule has 2 aromatic carbocycles. The fraction of sp³-hybridized carbons (Fsp3) is 0.192. The Hall–Kier alpha value is -3.40. The van der Waals surface area contributed by atoms with Crippen LogP contribution in [0.3, 0.4) is 0 Å². The highest BCUT2D eigenvalue weighted by atomic mass is 35.5. The number of hydrogen-bond donors (Lipinski definition) is 2. The Morgan fingerprint density at radius 1 is 1.22 bits per heavy atom. The van der Waals surface area contributed by atoms with Crippen LogP contribution < -0.4 is 11.1 Å². The van der Waals surface area contributed by atoms with Crippen LogP contribution in [0.15, 0.2) is 59.2 Å². The SMILES string of the molecule is [2H]C([2H])([2H])n1c(-c2ccc(NC(=O)C(=C)C)cc2Cl)c(-c2ccc(N=S3(=O)CCC3)c(Cl)c2)c2c(N)ncnc21. The molecule has 2 aromatic heterocycles. The van der Waals surface area contributed by atoms with Gasteiger partial charge in [0.15, 0.2) is 0 Å². The van der Waals surface area contributed by atoms with Gasteiger partial charge in [-0.2, -0.15) is 4.36 Å². The highest BCUT2D eigenvalue weighted by Crippen LogP contribution is 2.45. The van der Waals surface area contributed by atoms with Crippen molar-refractivity contribution in [1.29, 1.82) is 0 Å². The summed E-state index contributed by atoms with van der Waals surface area (Å²) in [5, 5.41) is 3.41. The molecule has 1 aliphatic rings. The van der Waals surface area contributed by atoms with Crippen molar-refractivity contribution in [3.05, 3.63) is 64.9 Å². The van der Waals surface area contributed by atoms with Crippen LogP contribution in [0.25, 0.3) is 33.4 Å². The molecule has 3 heterocycles. The lowest BCUT2D eigenvalue weighted by molar-refractivity contribution is -0.112. The van der Waals surface area contributed by atoms with Crippen LogP contribution in [0.2, 0.25) is 10.0 Å². The third-order valence-corrected chi connectivity index (χ3v) is 9.07. The average molecular weight is 559 g/mol. The molecule has 0 saturated carbocycles. The Morgan fingerprint density at radius 3 is 2.62 bits per heavy atom. The largest absolute Gasteiger partial charge is 0.383 e. The molecule has 0 aliphatic carbocycles.